The van der Waals surface area contributed by atoms with Crippen LogP contribution in [-0.2, 0) is 11.0 Å². The van der Waals surface area contributed by atoms with Crippen molar-refractivity contribution in [3.8, 4) is 0 Å². The maximum Gasteiger partial charge on any atom is 0.416 e. The molecule has 140 valence electrons. The van der Waals surface area contributed by atoms with E-state index in [1.165, 1.54) is 6.07 Å². The van der Waals surface area contributed by atoms with Gasteiger partial charge in [0.2, 0.25) is 5.91 Å². The maximum atomic E-state index is 12.8. The Morgan fingerprint density at radius 3 is 2.25 bits per heavy atom. The summed E-state index contributed by atoms with van der Waals surface area (Å²) in [6.07, 6.45) is -3.65. The molecule has 0 heterocycles. The minimum Gasteiger partial charge on any atom is -0.383 e. The zero-order valence-electron chi connectivity index (χ0n) is 13.7. The molecule has 1 aromatic carbocycles. The van der Waals surface area contributed by atoms with Crippen LogP contribution in [-0.4, -0.2) is 18.5 Å². The molecule has 0 bridgehead atoms. The van der Waals surface area contributed by atoms with Gasteiger partial charge in [0.05, 0.1) is 22.9 Å². The van der Waals surface area contributed by atoms with E-state index in [4.69, 9.17) is 5.73 Å². The lowest BCUT2D eigenvalue weighted by Gasteiger charge is -2.19. The molecule has 0 radical (unpaired) electrons. The number of alkyl halides is 3. The number of anilines is 2. The van der Waals surface area contributed by atoms with Gasteiger partial charge < -0.3 is 16.4 Å². The third-order valence-electron chi connectivity index (χ3n) is 3.37. The average Bonchev–Trinajstić information content (AvgIpc) is 2.43. The zero-order chi connectivity index (χ0) is 16.9. The van der Waals surface area contributed by atoms with Crippen molar-refractivity contribution in [3.05, 3.63) is 23.8 Å². The predicted molar refractivity (Wildman–Crippen MR) is 96.2 cm³/mol. The van der Waals surface area contributed by atoms with Gasteiger partial charge in [0.25, 0.3) is 0 Å². The van der Waals surface area contributed by atoms with Crippen molar-refractivity contribution in [3.63, 3.8) is 0 Å². The molecule has 0 aliphatic carbocycles. The number of rotatable bonds is 6. The van der Waals surface area contributed by atoms with Gasteiger partial charge in [0.1, 0.15) is 0 Å². The first-order valence-corrected chi connectivity index (χ1v) is 7.18. The molecule has 0 aromatic heterocycles. The number of halogens is 5. The summed E-state index contributed by atoms with van der Waals surface area (Å²) in [5.41, 5.74) is 5.41. The molecular formula is C15H24Cl2F3N3O. The number of carbonyl (C=O) groups excluding carboxylic acids is 1. The van der Waals surface area contributed by atoms with E-state index in [0.717, 1.165) is 18.6 Å². The maximum absolute atomic E-state index is 12.8. The van der Waals surface area contributed by atoms with Crippen LogP contribution in [0.3, 0.4) is 0 Å². The summed E-state index contributed by atoms with van der Waals surface area (Å²) in [7, 11) is 0. The second kappa shape index (κ2) is 10.6. The number of hydrogen-bond donors (Lipinski definition) is 3. The average molecular weight is 390 g/mol. The van der Waals surface area contributed by atoms with Crippen LogP contribution in [0.25, 0.3) is 0 Å². The number of nitrogens with one attached hydrogen (secondary N) is 2. The zero-order valence-corrected chi connectivity index (χ0v) is 15.4. The van der Waals surface area contributed by atoms with E-state index in [0.29, 0.717) is 12.2 Å². The molecule has 0 aliphatic heterocycles. The first-order valence-electron chi connectivity index (χ1n) is 7.18. The molecule has 9 heteroatoms. The van der Waals surface area contributed by atoms with Gasteiger partial charge in [0.15, 0.2) is 0 Å². The van der Waals surface area contributed by atoms with Crippen LogP contribution in [0.4, 0.5) is 24.5 Å². The normalized spacial score (nSPS) is 13.1. The molecule has 2 atom stereocenters. The number of nitrogens with two attached hydrogens (primary N) is 1. The van der Waals surface area contributed by atoms with E-state index in [1.54, 1.807) is 13.8 Å². The minimum atomic E-state index is -4.46. The lowest BCUT2D eigenvalue weighted by Crippen LogP contribution is -2.34. The van der Waals surface area contributed by atoms with Gasteiger partial charge >= 0.3 is 6.18 Å². The molecule has 1 aromatic rings. The van der Waals surface area contributed by atoms with E-state index in [-0.39, 0.29) is 30.5 Å². The molecule has 24 heavy (non-hydrogen) atoms. The summed E-state index contributed by atoms with van der Waals surface area (Å²) in [6, 6.07) is 2.86. The summed E-state index contributed by atoms with van der Waals surface area (Å²) in [5, 5.41) is 5.53. The van der Waals surface area contributed by atoms with Crippen LogP contribution in [0, 0.1) is 5.92 Å². The van der Waals surface area contributed by atoms with Gasteiger partial charge in [-0.25, -0.2) is 0 Å². The molecule has 0 fully saturated rings. The quantitative estimate of drug-likeness (QED) is 0.679. The number of amides is 1. The molecule has 4 N–H and O–H groups in total. The Morgan fingerprint density at radius 2 is 1.79 bits per heavy atom. The highest BCUT2D eigenvalue weighted by Crippen LogP contribution is 2.34. The number of benzene rings is 1. The van der Waals surface area contributed by atoms with Gasteiger partial charge in [-0.1, -0.05) is 13.8 Å². The highest BCUT2D eigenvalue weighted by atomic mass is 35.5. The topological polar surface area (TPSA) is 67.1 Å². The van der Waals surface area contributed by atoms with Crippen molar-refractivity contribution in [1.82, 2.24) is 0 Å². The number of carbonyl (C=O) groups is 1. The number of hydrogen-bond acceptors (Lipinski definition) is 3. The van der Waals surface area contributed by atoms with Crippen molar-refractivity contribution in [2.75, 3.05) is 17.2 Å². The Bertz CT molecular complexity index is 525. The molecule has 1 amide bonds. The highest BCUT2D eigenvalue weighted by molar-refractivity contribution is 5.96. The van der Waals surface area contributed by atoms with Crippen LogP contribution in [0.2, 0.25) is 0 Å². The van der Waals surface area contributed by atoms with Crippen LogP contribution < -0.4 is 16.4 Å². The highest BCUT2D eigenvalue weighted by Gasteiger charge is 2.31. The van der Waals surface area contributed by atoms with Crippen molar-refractivity contribution in [2.24, 2.45) is 11.7 Å². The molecule has 0 saturated carbocycles. The monoisotopic (exact) mass is 389 g/mol. The molecular weight excluding hydrogens is 366 g/mol. The largest absolute Gasteiger partial charge is 0.416 e. The molecule has 0 aliphatic rings. The van der Waals surface area contributed by atoms with Crippen molar-refractivity contribution in [2.45, 2.75) is 39.4 Å². The summed E-state index contributed by atoms with van der Waals surface area (Å²) >= 11 is 0. The van der Waals surface area contributed by atoms with E-state index >= 15 is 0 Å². The van der Waals surface area contributed by atoms with E-state index in [2.05, 4.69) is 10.6 Å². The molecule has 4 nitrogen and oxygen atoms in total. The summed E-state index contributed by atoms with van der Waals surface area (Å²) < 4.78 is 38.5. The van der Waals surface area contributed by atoms with Gasteiger partial charge in [-0.05, 0) is 31.5 Å². The fraction of sp³-hybridized carbons (Fsp3) is 0.533. The molecule has 0 saturated heterocycles. The smallest absolute Gasteiger partial charge is 0.383 e. The van der Waals surface area contributed by atoms with Crippen LogP contribution in [0.1, 0.15) is 32.8 Å². The lowest BCUT2D eigenvalue weighted by molar-refractivity contribution is -0.137. The van der Waals surface area contributed by atoms with Crippen molar-refractivity contribution < 1.29 is 18.0 Å². The van der Waals surface area contributed by atoms with E-state index in [9.17, 15) is 18.0 Å². The van der Waals surface area contributed by atoms with Gasteiger partial charge in [-0.2, -0.15) is 13.2 Å². The predicted octanol–water partition coefficient (Wildman–Crippen LogP) is 4.29. The van der Waals surface area contributed by atoms with Crippen LogP contribution in [0.5, 0.6) is 0 Å². The van der Waals surface area contributed by atoms with Gasteiger partial charge in [-0.3, -0.25) is 4.79 Å². The Balaban J connectivity index is 0. The first kappa shape index (κ1) is 25.1. The van der Waals surface area contributed by atoms with Crippen molar-refractivity contribution >= 4 is 42.1 Å². The SMILES string of the molecule is CCCNc1ccc(C(F)(F)F)cc1NC(=O)C(C)C(C)N.Cl.Cl. The first-order chi connectivity index (χ1) is 10.2. The fourth-order valence-electron chi connectivity index (χ4n) is 1.72. The minimum absolute atomic E-state index is 0. The standard InChI is InChI=1S/C15H22F3N3O.2ClH/c1-4-7-20-12-6-5-11(15(16,17)18)8-13(12)21-14(22)9(2)10(3)19;;/h5-6,8-10,20H,4,7,19H2,1-3H3,(H,21,22);2*1H. The van der Waals surface area contributed by atoms with Gasteiger partial charge in [0, 0.05) is 12.6 Å². The summed E-state index contributed by atoms with van der Waals surface area (Å²) in [6.45, 7) is 5.84. The fourth-order valence-corrected chi connectivity index (χ4v) is 1.72. The third kappa shape index (κ3) is 7.15. The van der Waals surface area contributed by atoms with Crippen LogP contribution >= 0.6 is 24.8 Å². The second-order valence-electron chi connectivity index (χ2n) is 5.32. The Hall–Kier alpha value is -1.18. The van der Waals surface area contributed by atoms with E-state index in [1.807, 2.05) is 6.92 Å². The van der Waals surface area contributed by atoms with Crippen LogP contribution in [0.15, 0.2) is 18.2 Å². The summed E-state index contributed by atoms with van der Waals surface area (Å²) in [5.74, 6) is -0.914. The molecule has 1 rings (SSSR count). The Labute approximate surface area is 152 Å². The van der Waals surface area contributed by atoms with E-state index < -0.39 is 29.6 Å². The summed E-state index contributed by atoms with van der Waals surface area (Å²) in [4.78, 5) is 12.0. The van der Waals surface area contributed by atoms with Gasteiger partial charge in [-0.15, -0.1) is 24.8 Å². The Morgan fingerprint density at radius 1 is 1.21 bits per heavy atom. The molecule has 0 spiro atoms. The van der Waals surface area contributed by atoms with Crippen molar-refractivity contribution in [1.29, 1.82) is 0 Å². The second-order valence-corrected chi connectivity index (χ2v) is 5.32. The Kier molecular flexibility index (Phi) is 11.1. The molecule has 2 unspecified atom stereocenters. The lowest BCUT2D eigenvalue weighted by atomic mass is 10.0. The third-order valence-corrected chi connectivity index (χ3v) is 3.37.